The molecule has 3 heterocycles. The average Bonchev–Trinajstić information content (AvgIpc) is 3.36. The summed E-state index contributed by atoms with van der Waals surface area (Å²) in [4.78, 5) is 39.4. The minimum absolute atomic E-state index is 0.0253. The number of aryl methyl sites for hydroxylation is 1. The lowest BCUT2D eigenvalue weighted by molar-refractivity contribution is -0.128. The summed E-state index contributed by atoms with van der Waals surface area (Å²) >= 11 is 2.85. The number of carbonyl (C=O) groups excluding carboxylic acids is 2. The van der Waals surface area contributed by atoms with E-state index in [4.69, 9.17) is 5.11 Å². The summed E-state index contributed by atoms with van der Waals surface area (Å²) < 4.78 is 0. The molecule has 7 heteroatoms. The Morgan fingerprint density at radius 3 is 2.81 bits per heavy atom. The van der Waals surface area contributed by atoms with E-state index >= 15 is 0 Å². The summed E-state index contributed by atoms with van der Waals surface area (Å²) in [6, 6.07) is 7.31. The van der Waals surface area contributed by atoms with E-state index in [0.29, 0.717) is 24.3 Å². The van der Waals surface area contributed by atoms with Gasteiger partial charge in [-0.15, -0.1) is 22.7 Å². The third kappa shape index (κ3) is 5.37. The second-order valence-corrected chi connectivity index (χ2v) is 8.65. The van der Waals surface area contributed by atoms with E-state index in [1.807, 2.05) is 34.6 Å². The molecule has 1 saturated heterocycles. The Morgan fingerprint density at radius 1 is 1.26 bits per heavy atom. The third-order valence-electron chi connectivity index (χ3n) is 4.50. The van der Waals surface area contributed by atoms with Gasteiger partial charge in [-0.05, 0) is 48.9 Å². The number of amides is 1. The van der Waals surface area contributed by atoms with E-state index < -0.39 is 5.97 Å². The van der Waals surface area contributed by atoms with E-state index in [-0.39, 0.29) is 17.7 Å². The number of carbonyl (C=O) groups is 3. The molecule has 1 unspecified atom stereocenters. The second kappa shape index (κ2) is 9.10. The van der Waals surface area contributed by atoms with Crippen molar-refractivity contribution in [3.05, 3.63) is 56.4 Å². The molecule has 5 nitrogen and oxygen atoms in total. The summed E-state index contributed by atoms with van der Waals surface area (Å²) in [6.45, 7) is 0.618. The number of thiophene rings is 2. The highest BCUT2D eigenvalue weighted by atomic mass is 32.1. The van der Waals surface area contributed by atoms with Crippen LogP contribution in [0.5, 0.6) is 0 Å². The molecule has 0 aliphatic carbocycles. The molecule has 0 aromatic carbocycles. The molecule has 1 N–H and O–H groups in total. The van der Waals surface area contributed by atoms with Crippen LogP contribution in [0.15, 0.2) is 41.8 Å². The van der Waals surface area contributed by atoms with Crippen molar-refractivity contribution in [2.45, 2.75) is 38.1 Å². The largest absolute Gasteiger partial charge is 0.477 e. The third-order valence-corrected chi connectivity index (χ3v) is 6.51. The number of aromatic carboxylic acids is 1. The molecule has 0 spiro atoms. The number of nitrogens with zero attached hydrogens (tertiary/aromatic N) is 1. The topological polar surface area (TPSA) is 74.7 Å². The molecule has 0 radical (unpaired) electrons. The van der Waals surface area contributed by atoms with Crippen LogP contribution in [-0.4, -0.2) is 40.3 Å². The van der Waals surface area contributed by atoms with Gasteiger partial charge in [0, 0.05) is 29.1 Å². The van der Waals surface area contributed by atoms with Crippen LogP contribution in [-0.2, 0) is 22.4 Å². The van der Waals surface area contributed by atoms with Crippen molar-refractivity contribution in [1.29, 1.82) is 0 Å². The van der Waals surface area contributed by atoms with E-state index in [0.717, 1.165) is 29.0 Å². The first kappa shape index (κ1) is 19.5. The van der Waals surface area contributed by atoms with Crippen molar-refractivity contribution in [1.82, 2.24) is 4.90 Å². The standard InChI is InChI=1S/C20H21NO4S2/c22-15(13-17-4-2-12-26-17)7-5-14-6-10-19(23)21(14)11-1-3-16-8-9-18(27-16)20(24)25/h2,4-5,7-9,12,14H,1,3,6,10-11,13H2,(H,24,25)/b7-5+. The lowest BCUT2D eigenvalue weighted by Gasteiger charge is -2.22. The summed E-state index contributed by atoms with van der Waals surface area (Å²) in [5.41, 5.74) is 0. The lowest BCUT2D eigenvalue weighted by Crippen LogP contribution is -2.33. The van der Waals surface area contributed by atoms with E-state index in [1.54, 1.807) is 23.5 Å². The fourth-order valence-corrected chi connectivity index (χ4v) is 4.76. The molecule has 2 aromatic rings. The Balaban J connectivity index is 1.50. The van der Waals surface area contributed by atoms with Crippen LogP contribution in [0.1, 0.15) is 38.7 Å². The highest BCUT2D eigenvalue weighted by Gasteiger charge is 2.28. The molecule has 27 heavy (non-hydrogen) atoms. The molecule has 142 valence electrons. The normalized spacial score (nSPS) is 17.1. The van der Waals surface area contributed by atoms with Crippen molar-refractivity contribution in [3.63, 3.8) is 0 Å². The predicted molar refractivity (Wildman–Crippen MR) is 107 cm³/mol. The molecule has 1 aliphatic heterocycles. The number of ketones is 1. The first-order valence-corrected chi connectivity index (χ1v) is 10.6. The van der Waals surface area contributed by atoms with Crippen LogP contribution in [0.4, 0.5) is 0 Å². The number of rotatable bonds is 9. The van der Waals surface area contributed by atoms with Crippen molar-refractivity contribution in [2.24, 2.45) is 0 Å². The minimum Gasteiger partial charge on any atom is -0.477 e. The van der Waals surface area contributed by atoms with Gasteiger partial charge in [0.05, 0.1) is 6.04 Å². The maximum absolute atomic E-state index is 12.2. The molecule has 3 rings (SSSR count). The van der Waals surface area contributed by atoms with E-state index in [1.165, 1.54) is 11.3 Å². The number of hydrogen-bond donors (Lipinski definition) is 1. The van der Waals surface area contributed by atoms with Crippen LogP contribution in [0.25, 0.3) is 0 Å². The monoisotopic (exact) mass is 403 g/mol. The van der Waals surface area contributed by atoms with E-state index in [2.05, 4.69) is 0 Å². The van der Waals surface area contributed by atoms with Crippen molar-refractivity contribution >= 4 is 40.3 Å². The number of carboxylic acid groups (broad SMARTS) is 1. The van der Waals surface area contributed by atoms with Gasteiger partial charge in [-0.25, -0.2) is 4.79 Å². The quantitative estimate of drug-likeness (QED) is 0.646. The van der Waals surface area contributed by atoms with Crippen molar-refractivity contribution in [2.75, 3.05) is 6.54 Å². The summed E-state index contributed by atoms with van der Waals surface area (Å²) in [6.07, 6.45) is 6.64. The van der Waals surface area contributed by atoms with Crippen molar-refractivity contribution < 1.29 is 19.5 Å². The van der Waals surface area contributed by atoms with Gasteiger partial charge in [0.2, 0.25) is 5.91 Å². The van der Waals surface area contributed by atoms with Gasteiger partial charge in [0.15, 0.2) is 5.78 Å². The maximum atomic E-state index is 12.2. The fraction of sp³-hybridized carbons (Fsp3) is 0.350. The van der Waals surface area contributed by atoms with Crippen LogP contribution in [0, 0.1) is 0 Å². The summed E-state index contributed by atoms with van der Waals surface area (Å²) in [5.74, 6) is -0.734. The smallest absolute Gasteiger partial charge is 0.345 e. The van der Waals surface area contributed by atoms with Gasteiger partial charge < -0.3 is 10.0 Å². The number of likely N-dealkylation sites (tertiary alicyclic amines) is 1. The van der Waals surface area contributed by atoms with Crippen molar-refractivity contribution in [3.8, 4) is 0 Å². The Bertz CT molecular complexity index is 838. The SMILES string of the molecule is O=C(/C=C/C1CCC(=O)N1CCCc1ccc(C(=O)O)s1)Cc1cccs1. The number of carboxylic acids is 1. The first-order valence-electron chi connectivity index (χ1n) is 8.88. The summed E-state index contributed by atoms with van der Waals surface area (Å²) in [7, 11) is 0. The van der Waals surface area contributed by atoms with Gasteiger partial charge in [-0.2, -0.15) is 0 Å². The zero-order chi connectivity index (χ0) is 19.2. The first-order chi connectivity index (χ1) is 13.0. The lowest BCUT2D eigenvalue weighted by atomic mass is 10.1. The molecule has 1 amide bonds. The molecule has 1 aliphatic rings. The van der Waals surface area contributed by atoms with Gasteiger partial charge in [-0.1, -0.05) is 12.1 Å². The highest BCUT2D eigenvalue weighted by molar-refractivity contribution is 7.13. The van der Waals surface area contributed by atoms with E-state index in [9.17, 15) is 14.4 Å². The molecule has 0 saturated carbocycles. The molecule has 0 bridgehead atoms. The zero-order valence-corrected chi connectivity index (χ0v) is 16.4. The second-order valence-electron chi connectivity index (χ2n) is 6.45. The molecule has 1 atom stereocenters. The maximum Gasteiger partial charge on any atom is 0.345 e. The minimum atomic E-state index is -0.904. The van der Waals surface area contributed by atoms with Gasteiger partial charge in [0.25, 0.3) is 0 Å². The fourth-order valence-electron chi connectivity index (χ4n) is 3.16. The Kier molecular flexibility index (Phi) is 6.58. The zero-order valence-electron chi connectivity index (χ0n) is 14.8. The Morgan fingerprint density at radius 2 is 2.11 bits per heavy atom. The van der Waals surface area contributed by atoms with Gasteiger partial charge >= 0.3 is 5.97 Å². The molecular weight excluding hydrogens is 382 g/mol. The highest BCUT2D eigenvalue weighted by Crippen LogP contribution is 2.22. The van der Waals surface area contributed by atoms with Crippen LogP contribution >= 0.6 is 22.7 Å². The van der Waals surface area contributed by atoms with Crippen LogP contribution in [0.2, 0.25) is 0 Å². The Labute approximate surface area is 165 Å². The molecule has 2 aromatic heterocycles. The number of allylic oxidation sites excluding steroid dienone is 1. The van der Waals surface area contributed by atoms with Crippen LogP contribution < -0.4 is 0 Å². The average molecular weight is 404 g/mol. The van der Waals surface area contributed by atoms with Gasteiger partial charge in [-0.3, -0.25) is 9.59 Å². The Hall–Kier alpha value is -2.25. The predicted octanol–water partition coefficient (Wildman–Crippen LogP) is 3.80. The molecule has 1 fully saturated rings. The number of hydrogen-bond acceptors (Lipinski definition) is 5. The summed E-state index contributed by atoms with van der Waals surface area (Å²) in [5, 5.41) is 10.9. The molecular formula is C20H21NO4S2. The van der Waals surface area contributed by atoms with Crippen LogP contribution in [0.3, 0.4) is 0 Å². The van der Waals surface area contributed by atoms with Gasteiger partial charge in [0.1, 0.15) is 4.88 Å².